The average molecular weight is 314 g/mol. The quantitative estimate of drug-likeness (QED) is 0.692. The number of nitrogens with zero attached hydrogens (tertiary/aromatic N) is 3. The van der Waals surface area contributed by atoms with Gasteiger partial charge >= 0.3 is 0 Å². The van der Waals surface area contributed by atoms with E-state index in [1.165, 1.54) is 10.9 Å². The van der Waals surface area contributed by atoms with E-state index in [4.69, 9.17) is 4.52 Å². The molecule has 1 aromatic carbocycles. The normalized spacial score (nSPS) is 11.3. The minimum atomic E-state index is -0.699. The van der Waals surface area contributed by atoms with Gasteiger partial charge < -0.3 is 4.52 Å². The molecule has 4 nitrogen and oxygen atoms in total. The number of aromatic nitrogens is 3. The minimum Gasteiger partial charge on any atom is -0.358 e. The molecule has 0 aliphatic rings. The molecule has 0 spiro atoms. The van der Waals surface area contributed by atoms with Gasteiger partial charge in [0.2, 0.25) is 0 Å². The number of halogens is 3. The Morgan fingerprint density at radius 1 is 1.33 bits per heavy atom. The second-order valence-electron chi connectivity index (χ2n) is 3.75. The summed E-state index contributed by atoms with van der Waals surface area (Å²) in [6.45, 7) is 1.72. The highest BCUT2D eigenvalue weighted by Gasteiger charge is 2.17. The van der Waals surface area contributed by atoms with E-state index < -0.39 is 11.6 Å². The lowest BCUT2D eigenvalue weighted by Gasteiger charge is -2.00. The first-order chi connectivity index (χ1) is 8.58. The Hall–Kier alpha value is -1.76. The molecule has 0 bridgehead atoms. The van der Waals surface area contributed by atoms with Crippen molar-refractivity contribution in [3.05, 3.63) is 40.3 Å². The van der Waals surface area contributed by atoms with Crippen molar-refractivity contribution < 1.29 is 13.3 Å². The van der Waals surface area contributed by atoms with Crippen LogP contribution in [0, 0.1) is 18.6 Å². The summed E-state index contributed by atoms with van der Waals surface area (Å²) in [7, 11) is 0. The van der Waals surface area contributed by atoms with Gasteiger partial charge in [-0.15, -0.1) is 0 Å². The van der Waals surface area contributed by atoms with E-state index in [0.29, 0.717) is 16.1 Å². The molecule has 7 heteroatoms. The van der Waals surface area contributed by atoms with Gasteiger partial charge in [-0.25, -0.2) is 13.8 Å². The second-order valence-corrected chi connectivity index (χ2v) is 4.54. The largest absolute Gasteiger partial charge is 0.358 e. The molecule has 0 radical (unpaired) electrons. The zero-order valence-corrected chi connectivity index (χ0v) is 10.7. The molecule has 0 N–H and O–H groups in total. The van der Waals surface area contributed by atoms with Crippen LogP contribution in [-0.4, -0.2) is 14.7 Å². The molecule has 0 amide bonds. The van der Waals surface area contributed by atoms with E-state index in [-0.39, 0.29) is 11.0 Å². The van der Waals surface area contributed by atoms with E-state index in [1.54, 1.807) is 6.92 Å². The number of hydrogen-bond donors (Lipinski definition) is 0. The van der Waals surface area contributed by atoms with Crippen LogP contribution >= 0.6 is 15.9 Å². The van der Waals surface area contributed by atoms with Gasteiger partial charge in [0, 0.05) is 12.1 Å². The standard InChI is InChI=1S/C11H6BrF2N3O/c1-5-9(12)11(16-18-5)17-4-15-8-3-6(13)2-7(14)10(8)17/h2-4H,1H3. The van der Waals surface area contributed by atoms with Crippen molar-refractivity contribution in [3.63, 3.8) is 0 Å². The zero-order valence-electron chi connectivity index (χ0n) is 9.12. The molecular formula is C11H6BrF2N3O. The van der Waals surface area contributed by atoms with Gasteiger partial charge in [-0.05, 0) is 22.9 Å². The van der Waals surface area contributed by atoms with Gasteiger partial charge in [0.1, 0.15) is 27.9 Å². The molecule has 2 aromatic heterocycles. The Labute approximate surface area is 108 Å². The van der Waals surface area contributed by atoms with Crippen LogP contribution in [0.15, 0.2) is 27.5 Å². The maximum absolute atomic E-state index is 13.8. The number of rotatable bonds is 1. The third-order valence-electron chi connectivity index (χ3n) is 2.56. The molecule has 18 heavy (non-hydrogen) atoms. The first-order valence-electron chi connectivity index (χ1n) is 5.02. The molecule has 2 heterocycles. The Kier molecular flexibility index (Phi) is 2.44. The summed E-state index contributed by atoms with van der Waals surface area (Å²) in [6.07, 6.45) is 1.37. The van der Waals surface area contributed by atoms with Crippen molar-refractivity contribution in [1.82, 2.24) is 14.7 Å². The van der Waals surface area contributed by atoms with Gasteiger partial charge in [0.25, 0.3) is 0 Å². The van der Waals surface area contributed by atoms with E-state index >= 15 is 0 Å². The van der Waals surface area contributed by atoms with Crippen molar-refractivity contribution in [2.75, 3.05) is 0 Å². The summed E-state index contributed by atoms with van der Waals surface area (Å²) in [5.74, 6) is -0.425. The van der Waals surface area contributed by atoms with Gasteiger partial charge in [0.05, 0.1) is 5.52 Å². The van der Waals surface area contributed by atoms with Crippen LogP contribution in [0.4, 0.5) is 8.78 Å². The minimum absolute atomic E-state index is 0.158. The molecular weight excluding hydrogens is 308 g/mol. The molecule has 0 saturated carbocycles. The van der Waals surface area contributed by atoms with Crippen LogP contribution in [-0.2, 0) is 0 Å². The third-order valence-corrected chi connectivity index (χ3v) is 3.48. The van der Waals surface area contributed by atoms with Gasteiger partial charge in [-0.3, -0.25) is 4.57 Å². The molecule has 92 valence electrons. The average Bonchev–Trinajstić information content (AvgIpc) is 2.85. The molecule has 0 aliphatic carbocycles. The number of aryl methyl sites for hydroxylation is 1. The summed E-state index contributed by atoms with van der Waals surface area (Å²) < 4.78 is 33.8. The fourth-order valence-corrected chi connectivity index (χ4v) is 2.06. The predicted octanol–water partition coefficient (Wildman–Crippen LogP) is 3.36. The second kappa shape index (κ2) is 3.88. The number of fused-ring (bicyclic) bond motifs is 1. The highest BCUT2D eigenvalue weighted by molar-refractivity contribution is 9.10. The summed E-state index contributed by atoms with van der Waals surface area (Å²) in [4.78, 5) is 3.95. The van der Waals surface area contributed by atoms with Crippen LogP contribution in [0.5, 0.6) is 0 Å². The van der Waals surface area contributed by atoms with Crippen LogP contribution in [0.3, 0.4) is 0 Å². The zero-order chi connectivity index (χ0) is 12.9. The molecule has 0 unspecified atom stereocenters. The first kappa shape index (κ1) is 11.3. The predicted molar refractivity (Wildman–Crippen MR) is 63.5 cm³/mol. The fourth-order valence-electron chi connectivity index (χ4n) is 1.73. The monoisotopic (exact) mass is 313 g/mol. The summed E-state index contributed by atoms with van der Waals surface area (Å²) in [5.41, 5.74) is 0.380. The third kappa shape index (κ3) is 1.54. The van der Waals surface area contributed by atoms with Gasteiger partial charge in [-0.2, -0.15) is 0 Å². The molecule has 0 aliphatic heterocycles. The SMILES string of the molecule is Cc1onc(-n2cnc3cc(F)cc(F)c32)c1Br. The molecule has 3 aromatic rings. The lowest BCUT2D eigenvalue weighted by molar-refractivity contribution is 0.394. The van der Waals surface area contributed by atoms with Crippen molar-refractivity contribution in [2.45, 2.75) is 6.92 Å². The summed E-state index contributed by atoms with van der Waals surface area (Å²) >= 11 is 3.29. The highest BCUT2D eigenvalue weighted by atomic mass is 79.9. The summed E-state index contributed by atoms with van der Waals surface area (Å²) in [6, 6.07) is 1.97. The van der Waals surface area contributed by atoms with Gasteiger partial charge in [0.15, 0.2) is 11.6 Å². The van der Waals surface area contributed by atoms with E-state index in [9.17, 15) is 8.78 Å². The van der Waals surface area contributed by atoms with Crippen LogP contribution in [0.1, 0.15) is 5.76 Å². The Morgan fingerprint density at radius 2 is 2.11 bits per heavy atom. The van der Waals surface area contributed by atoms with E-state index in [1.807, 2.05) is 0 Å². The van der Waals surface area contributed by atoms with E-state index in [2.05, 4.69) is 26.1 Å². The lowest BCUT2D eigenvalue weighted by Crippen LogP contribution is -1.95. The smallest absolute Gasteiger partial charge is 0.196 e. The summed E-state index contributed by atoms with van der Waals surface area (Å²) in [5, 5.41) is 3.81. The van der Waals surface area contributed by atoms with Crippen molar-refractivity contribution >= 4 is 27.0 Å². The number of benzene rings is 1. The Bertz CT molecular complexity index is 750. The molecule has 0 atom stereocenters. The highest BCUT2D eigenvalue weighted by Crippen LogP contribution is 2.28. The van der Waals surface area contributed by atoms with Crippen molar-refractivity contribution in [2.24, 2.45) is 0 Å². The Morgan fingerprint density at radius 3 is 2.78 bits per heavy atom. The molecule has 3 rings (SSSR count). The molecule has 0 saturated heterocycles. The fraction of sp³-hybridized carbons (Fsp3) is 0.0909. The van der Waals surface area contributed by atoms with Crippen LogP contribution < -0.4 is 0 Å². The van der Waals surface area contributed by atoms with Crippen molar-refractivity contribution in [3.8, 4) is 5.82 Å². The number of hydrogen-bond acceptors (Lipinski definition) is 3. The van der Waals surface area contributed by atoms with Crippen LogP contribution in [0.2, 0.25) is 0 Å². The Balaban J connectivity index is 2.34. The maximum atomic E-state index is 13.8. The van der Waals surface area contributed by atoms with Crippen LogP contribution in [0.25, 0.3) is 16.9 Å². The first-order valence-corrected chi connectivity index (χ1v) is 5.81. The lowest BCUT2D eigenvalue weighted by atomic mass is 10.3. The topological polar surface area (TPSA) is 43.9 Å². The maximum Gasteiger partial charge on any atom is 0.196 e. The van der Waals surface area contributed by atoms with E-state index in [0.717, 1.165) is 12.1 Å². The number of imidazole rings is 1. The van der Waals surface area contributed by atoms with Gasteiger partial charge in [-0.1, -0.05) is 5.16 Å². The molecule has 0 fully saturated rings. The van der Waals surface area contributed by atoms with Crippen molar-refractivity contribution in [1.29, 1.82) is 0 Å².